The summed E-state index contributed by atoms with van der Waals surface area (Å²) in [7, 11) is 0. The van der Waals surface area contributed by atoms with Gasteiger partial charge in [0.15, 0.2) is 0 Å². The van der Waals surface area contributed by atoms with Crippen molar-refractivity contribution in [3.05, 3.63) is 120 Å². The van der Waals surface area contributed by atoms with E-state index in [9.17, 15) is 4.79 Å². The van der Waals surface area contributed by atoms with Gasteiger partial charge in [-0.05, 0) is 54.4 Å². The Morgan fingerprint density at radius 1 is 0.818 bits per heavy atom. The Balaban J connectivity index is 1.19. The highest BCUT2D eigenvalue weighted by atomic mass is 16.1. The van der Waals surface area contributed by atoms with E-state index in [1.807, 2.05) is 42.5 Å². The van der Waals surface area contributed by atoms with Crippen LogP contribution in [0.5, 0.6) is 0 Å². The van der Waals surface area contributed by atoms with Gasteiger partial charge in [-0.3, -0.25) is 9.78 Å². The summed E-state index contributed by atoms with van der Waals surface area (Å²) < 4.78 is 0. The fourth-order valence-electron chi connectivity index (χ4n) is 3.89. The summed E-state index contributed by atoms with van der Waals surface area (Å²) in [6, 6.07) is 29.3. The Morgan fingerprint density at radius 3 is 2.42 bits per heavy atom. The van der Waals surface area contributed by atoms with E-state index in [2.05, 4.69) is 57.1 Å². The van der Waals surface area contributed by atoms with Crippen LogP contribution in [0.3, 0.4) is 0 Å². The third-order valence-electron chi connectivity index (χ3n) is 5.60. The van der Waals surface area contributed by atoms with Crippen LogP contribution in [-0.4, -0.2) is 22.3 Å². The number of nitrogens with zero attached hydrogens (tertiary/aromatic N) is 1. The predicted octanol–water partition coefficient (Wildman–Crippen LogP) is 6.19. The Labute approximate surface area is 192 Å². The monoisotopic (exact) mass is 432 g/mol. The van der Waals surface area contributed by atoms with E-state index in [1.165, 1.54) is 16.5 Å². The average molecular weight is 433 g/mol. The molecule has 0 fully saturated rings. The third kappa shape index (κ3) is 4.77. The Morgan fingerprint density at radius 2 is 1.58 bits per heavy atom. The molecule has 33 heavy (non-hydrogen) atoms. The van der Waals surface area contributed by atoms with E-state index in [0.29, 0.717) is 11.3 Å². The first-order valence-corrected chi connectivity index (χ1v) is 11.0. The maximum absolute atomic E-state index is 12.7. The van der Waals surface area contributed by atoms with Crippen LogP contribution in [0.2, 0.25) is 0 Å². The second-order valence-corrected chi connectivity index (χ2v) is 7.86. The quantitative estimate of drug-likeness (QED) is 0.256. The molecular formula is C28H24N4O. The number of aromatic amines is 1. The summed E-state index contributed by atoms with van der Waals surface area (Å²) in [5.74, 6) is -0.0889. The third-order valence-corrected chi connectivity index (χ3v) is 5.60. The average Bonchev–Trinajstić information content (AvgIpc) is 3.28. The minimum absolute atomic E-state index is 0.0889. The largest absolute Gasteiger partial charge is 0.385 e. The maximum atomic E-state index is 12.7. The summed E-state index contributed by atoms with van der Waals surface area (Å²) in [4.78, 5) is 20.2. The number of carbonyl (C=O) groups excluding carboxylic acids is 1. The summed E-state index contributed by atoms with van der Waals surface area (Å²) >= 11 is 0. The second kappa shape index (κ2) is 9.40. The molecule has 0 unspecified atom stereocenters. The van der Waals surface area contributed by atoms with Crippen molar-refractivity contribution in [1.29, 1.82) is 0 Å². The van der Waals surface area contributed by atoms with Crippen LogP contribution in [-0.2, 0) is 6.42 Å². The van der Waals surface area contributed by atoms with Gasteiger partial charge in [-0.15, -0.1) is 0 Å². The van der Waals surface area contributed by atoms with Crippen LogP contribution in [0.4, 0.5) is 17.1 Å². The second-order valence-electron chi connectivity index (χ2n) is 7.86. The van der Waals surface area contributed by atoms with Gasteiger partial charge in [0.1, 0.15) is 5.69 Å². The molecule has 0 aliphatic rings. The minimum atomic E-state index is -0.0889. The molecule has 0 radical (unpaired) electrons. The molecule has 5 heteroatoms. The first-order chi connectivity index (χ1) is 16.3. The molecule has 0 aliphatic heterocycles. The van der Waals surface area contributed by atoms with Crippen molar-refractivity contribution >= 4 is 33.7 Å². The Kier molecular flexibility index (Phi) is 5.85. The number of H-pyrrole nitrogens is 1. The van der Waals surface area contributed by atoms with Crippen molar-refractivity contribution in [1.82, 2.24) is 9.97 Å². The van der Waals surface area contributed by atoms with Gasteiger partial charge in [-0.25, -0.2) is 0 Å². The number of pyridine rings is 1. The van der Waals surface area contributed by atoms with Gasteiger partial charge in [0, 0.05) is 52.5 Å². The van der Waals surface area contributed by atoms with E-state index in [0.717, 1.165) is 30.0 Å². The van der Waals surface area contributed by atoms with Crippen molar-refractivity contribution in [2.45, 2.75) is 6.42 Å². The molecule has 0 aliphatic carbocycles. The van der Waals surface area contributed by atoms with Crippen LogP contribution in [0, 0.1) is 0 Å². The summed E-state index contributed by atoms with van der Waals surface area (Å²) in [5.41, 5.74) is 6.37. The lowest BCUT2D eigenvalue weighted by molar-refractivity contribution is 0.103. The lowest BCUT2D eigenvalue weighted by atomic mass is 10.1. The first kappa shape index (κ1) is 20.5. The molecule has 5 nitrogen and oxygen atoms in total. The lowest BCUT2D eigenvalue weighted by Gasteiger charge is -2.10. The zero-order valence-electron chi connectivity index (χ0n) is 18.1. The zero-order chi connectivity index (χ0) is 22.5. The highest BCUT2D eigenvalue weighted by Crippen LogP contribution is 2.21. The SMILES string of the molecule is O=C(c1ccccc1)c1cc(Nc2ccc(NCCc3c[nH]c4ccccc34)cc2)ccn1. The molecule has 5 aromatic rings. The number of nitrogens with one attached hydrogen (secondary N) is 3. The number of hydrogen-bond donors (Lipinski definition) is 3. The normalized spacial score (nSPS) is 10.8. The molecule has 0 spiro atoms. The summed E-state index contributed by atoms with van der Waals surface area (Å²) in [6.45, 7) is 0.851. The van der Waals surface area contributed by atoms with Gasteiger partial charge >= 0.3 is 0 Å². The summed E-state index contributed by atoms with van der Waals surface area (Å²) in [6.07, 6.45) is 4.68. The fraction of sp³-hybridized carbons (Fsp3) is 0.0714. The fourth-order valence-corrected chi connectivity index (χ4v) is 3.89. The predicted molar refractivity (Wildman–Crippen MR) is 134 cm³/mol. The van der Waals surface area contributed by atoms with Gasteiger partial charge in [-0.2, -0.15) is 0 Å². The van der Waals surface area contributed by atoms with E-state index in [4.69, 9.17) is 0 Å². The smallest absolute Gasteiger partial charge is 0.211 e. The van der Waals surface area contributed by atoms with Gasteiger partial charge in [0.05, 0.1) is 0 Å². The van der Waals surface area contributed by atoms with E-state index < -0.39 is 0 Å². The van der Waals surface area contributed by atoms with Crippen LogP contribution in [0.1, 0.15) is 21.6 Å². The van der Waals surface area contributed by atoms with E-state index >= 15 is 0 Å². The van der Waals surface area contributed by atoms with Gasteiger partial charge in [0.2, 0.25) is 5.78 Å². The van der Waals surface area contributed by atoms with E-state index in [1.54, 1.807) is 24.4 Å². The molecule has 2 aromatic heterocycles. The van der Waals surface area contributed by atoms with Gasteiger partial charge in [-0.1, -0.05) is 48.5 Å². The van der Waals surface area contributed by atoms with Gasteiger partial charge in [0.25, 0.3) is 0 Å². The van der Waals surface area contributed by atoms with Crippen LogP contribution < -0.4 is 10.6 Å². The van der Waals surface area contributed by atoms with Crippen molar-refractivity contribution in [3.63, 3.8) is 0 Å². The number of aromatic nitrogens is 2. The molecule has 0 saturated carbocycles. The zero-order valence-corrected chi connectivity index (χ0v) is 18.1. The highest BCUT2D eigenvalue weighted by molar-refractivity contribution is 6.08. The number of anilines is 3. The number of carbonyl (C=O) groups is 1. The molecule has 0 saturated heterocycles. The standard InChI is InChI=1S/C28H24N4O/c33-28(20-6-2-1-3-7-20)27-18-24(15-17-30-27)32-23-12-10-22(11-13-23)29-16-14-21-19-31-26-9-5-4-8-25(21)26/h1-13,15,17-19,29,31H,14,16H2,(H,30,32). The number of ketones is 1. The molecule has 0 bridgehead atoms. The molecule has 0 atom stereocenters. The topological polar surface area (TPSA) is 69.8 Å². The van der Waals surface area contributed by atoms with Gasteiger partial charge < -0.3 is 15.6 Å². The van der Waals surface area contributed by atoms with Crippen LogP contribution >= 0.6 is 0 Å². The van der Waals surface area contributed by atoms with Crippen LogP contribution in [0.25, 0.3) is 10.9 Å². The Hall–Kier alpha value is -4.38. The summed E-state index contributed by atoms with van der Waals surface area (Å²) in [5, 5.41) is 8.12. The lowest BCUT2D eigenvalue weighted by Crippen LogP contribution is -2.05. The van der Waals surface area contributed by atoms with Crippen molar-refractivity contribution in [3.8, 4) is 0 Å². The number of rotatable bonds is 8. The number of fused-ring (bicyclic) bond motifs is 1. The minimum Gasteiger partial charge on any atom is -0.385 e. The molecule has 162 valence electrons. The molecule has 3 aromatic carbocycles. The van der Waals surface area contributed by atoms with Crippen molar-refractivity contribution < 1.29 is 4.79 Å². The maximum Gasteiger partial charge on any atom is 0.211 e. The van der Waals surface area contributed by atoms with Crippen molar-refractivity contribution in [2.24, 2.45) is 0 Å². The van der Waals surface area contributed by atoms with E-state index in [-0.39, 0.29) is 5.78 Å². The Bertz CT molecular complexity index is 1370. The molecule has 0 amide bonds. The first-order valence-electron chi connectivity index (χ1n) is 11.0. The van der Waals surface area contributed by atoms with Crippen molar-refractivity contribution in [2.75, 3.05) is 17.2 Å². The van der Waals surface area contributed by atoms with Crippen LogP contribution in [0.15, 0.2) is 103 Å². The molecule has 2 heterocycles. The molecule has 3 N–H and O–H groups in total. The highest BCUT2D eigenvalue weighted by Gasteiger charge is 2.10. The molecular weight excluding hydrogens is 408 g/mol. The molecule has 5 rings (SSSR count). The number of benzene rings is 3. The number of para-hydroxylation sites is 1. The number of hydrogen-bond acceptors (Lipinski definition) is 4.